The SMILES string of the molecule is CNC1CCN(C(=O)c2ccc(OC)cc2)C1. The van der Waals surface area contributed by atoms with E-state index < -0.39 is 0 Å². The lowest BCUT2D eigenvalue weighted by Gasteiger charge is -2.16. The highest BCUT2D eigenvalue weighted by Gasteiger charge is 2.25. The maximum absolute atomic E-state index is 12.2. The normalized spacial score (nSPS) is 19.4. The van der Waals surface area contributed by atoms with Gasteiger partial charge in [0.15, 0.2) is 0 Å². The monoisotopic (exact) mass is 234 g/mol. The highest BCUT2D eigenvalue weighted by molar-refractivity contribution is 5.94. The molecule has 1 aromatic rings. The molecule has 1 amide bonds. The predicted octanol–water partition coefficient (Wildman–Crippen LogP) is 1.13. The number of ether oxygens (including phenoxy) is 1. The van der Waals surface area contributed by atoms with Crippen molar-refractivity contribution in [1.82, 2.24) is 10.2 Å². The summed E-state index contributed by atoms with van der Waals surface area (Å²) in [6.07, 6.45) is 1.03. The van der Waals surface area contributed by atoms with Crippen molar-refractivity contribution < 1.29 is 9.53 Å². The van der Waals surface area contributed by atoms with Gasteiger partial charge in [-0.3, -0.25) is 4.79 Å². The van der Waals surface area contributed by atoms with Gasteiger partial charge in [-0.2, -0.15) is 0 Å². The van der Waals surface area contributed by atoms with Crippen molar-refractivity contribution >= 4 is 5.91 Å². The molecule has 1 fully saturated rings. The first-order valence-corrected chi connectivity index (χ1v) is 5.85. The summed E-state index contributed by atoms with van der Waals surface area (Å²) in [7, 11) is 3.56. The van der Waals surface area contributed by atoms with E-state index in [4.69, 9.17) is 4.74 Å². The smallest absolute Gasteiger partial charge is 0.253 e. The Morgan fingerprint density at radius 1 is 1.41 bits per heavy atom. The third kappa shape index (κ3) is 2.58. The highest BCUT2D eigenvalue weighted by Crippen LogP contribution is 2.16. The second kappa shape index (κ2) is 5.19. The molecular formula is C13H18N2O2. The molecule has 4 heteroatoms. The molecule has 17 heavy (non-hydrogen) atoms. The number of nitrogens with zero attached hydrogens (tertiary/aromatic N) is 1. The topological polar surface area (TPSA) is 41.6 Å². The van der Waals surface area contributed by atoms with Crippen LogP contribution < -0.4 is 10.1 Å². The number of carbonyl (C=O) groups excluding carboxylic acids is 1. The quantitative estimate of drug-likeness (QED) is 0.852. The second-order valence-electron chi connectivity index (χ2n) is 4.25. The van der Waals surface area contributed by atoms with E-state index in [1.54, 1.807) is 7.11 Å². The van der Waals surface area contributed by atoms with Crippen LogP contribution >= 0.6 is 0 Å². The van der Waals surface area contributed by atoms with Crippen LogP contribution in [-0.4, -0.2) is 44.1 Å². The molecule has 0 radical (unpaired) electrons. The largest absolute Gasteiger partial charge is 0.497 e. The molecule has 1 aliphatic rings. The summed E-state index contributed by atoms with van der Waals surface area (Å²) in [5.74, 6) is 0.876. The molecule has 2 rings (SSSR count). The summed E-state index contributed by atoms with van der Waals surface area (Å²) in [6.45, 7) is 1.62. The third-order valence-corrected chi connectivity index (χ3v) is 3.22. The van der Waals surface area contributed by atoms with Crippen molar-refractivity contribution in [1.29, 1.82) is 0 Å². The van der Waals surface area contributed by atoms with Crippen molar-refractivity contribution in [3.8, 4) is 5.75 Å². The number of carbonyl (C=O) groups is 1. The van der Waals surface area contributed by atoms with E-state index in [2.05, 4.69) is 5.32 Å². The summed E-state index contributed by atoms with van der Waals surface area (Å²) < 4.78 is 5.07. The van der Waals surface area contributed by atoms with Crippen LogP contribution in [-0.2, 0) is 0 Å². The van der Waals surface area contributed by atoms with Gasteiger partial charge in [0.05, 0.1) is 7.11 Å². The zero-order chi connectivity index (χ0) is 12.3. The Kier molecular flexibility index (Phi) is 3.64. The van der Waals surface area contributed by atoms with E-state index >= 15 is 0 Å². The van der Waals surface area contributed by atoms with Crippen molar-refractivity contribution in [2.45, 2.75) is 12.5 Å². The fourth-order valence-electron chi connectivity index (χ4n) is 2.10. The Labute approximate surface area is 102 Å². The van der Waals surface area contributed by atoms with Crippen LogP contribution in [0.15, 0.2) is 24.3 Å². The van der Waals surface area contributed by atoms with Crippen molar-refractivity contribution in [3.05, 3.63) is 29.8 Å². The molecular weight excluding hydrogens is 216 g/mol. The summed E-state index contributed by atoms with van der Waals surface area (Å²) in [4.78, 5) is 14.1. The Morgan fingerprint density at radius 3 is 2.65 bits per heavy atom. The number of benzene rings is 1. The number of rotatable bonds is 3. The van der Waals surface area contributed by atoms with Gasteiger partial charge in [0.2, 0.25) is 0 Å². The van der Waals surface area contributed by atoms with E-state index in [9.17, 15) is 4.79 Å². The minimum Gasteiger partial charge on any atom is -0.497 e. The molecule has 1 atom stereocenters. The van der Waals surface area contributed by atoms with E-state index in [1.165, 1.54) is 0 Å². The summed E-state index contributed by atoms with van der Waals surface area (Å²) in [6, 6.07) is 7.69. The summed E-state index contributed by atoms with van der Waals surface area (Å²) >= 11 is 0. The van der Waals surface area contributed by atoms with Gasteiger partial charge in [-0.15, -0.1) is 0 Å². The molecule has 1 unspecified atom stereocenters. The number of likely N-dealkylation sites (N-methyl/N-ethyl adjacent to an activating group) is 1. The molecule has 1 aliphatic heterocycles. The lowest BCUT2D eigenvalue weighted by molar-refractivity contribution is 0.0789. The van der Waals surface area contributed by atoms with Gasteiger partial charge in [-0.25, -0.2) is 0 Å². The average molecular weight is 234 g/mol. The number of likely N-dealkylation sites (tertiary alicyclic amines) is 1. The van der Waals surface area contributed by atoms with E-state index in [1.807, 2.05) is 36.2 Å². The van der Waals surface area contributed by atoms with Crippen molar-refractivity contribution in [2.75, 3.05) is 27.2 Å². The minimum absolute atomic E-state index is 0.102. The van der Waals surface area contributed by atoms with Crippen LogP contribution in [0.2, 0.25) is 0 Å². The molecule has 0 bridgehead atoms. The maximum Gasteiger partial charge on any atom is 0.253 e. The zero-order valence-corrected chi connectivity index (χ0v) is 10.3. The fourth-order valence-corrected chi connectivity index (χ4v) is 2.10. The third-order valence-electron chi connectivity index (χ3n) is 3.22. The van der Waals surface area contributed by atoms with Gasteiger partial charge in [0.1, 0.15) is 5.75 Å². The molecule has 0 aromatic heterocycles. The van der Waals surface area contributed by atoms with Gasteiger partial charge in [-0.05, 0) is 37.7 Å². The van der Waals surface area contributed by atoms with Crippen LogP contribution in [0.3, 0.4) is 0 Å². The molecule has 92 valence electrons. The minimum atomic E-state index is 0.102. The molecule has 0 saturated carbocycles. The van der Waals surface area contributed by atoms with Gasteiger partial charge in [0, 0.05) is 24.7 Å². The maximum atomic E-state index is 12.2. The molecule has 0 spiro atoms. The van der Waals surface area contributed by atoms with Crippen LogP contribution in [0.1, 0.15) is 16.8 Å². The van der Waals surface area contributed by atoms with Crippen molar-refractivity contribution in [3.63, 3.8) is 0 Å². The number of nitrogens with one attached hydrogen (secondary N) is 1. The molecule has 1 saturated heterocycles. The summed E-state index contributed by atoms with van der Waals surface area (Å²) in [5.41, 5.74) is 0.725. The Bertz CT molecular complexity index is 389. The molecule has 4 nitrogen and oxygen atoms in total. The zero-order valence-electron chi connectivity index (χ0n) is 10.3. The van der Waals surface area contributed by atoms with Gasteiger partial charge in [0.25, 0.3) is 5.91 Å². The molecule has 1 N–H and O–H groups in total. The number of hydrogen-bond acceptors (Lipinski definition) is 3. The predicted molar refractivity (Wildman–Crippen MR) is 66.4 cm³/mol. The Hall–Kier alpha value is -1.55. The van der Waals surface area contributed by atoms with E-state index in [0.29, 0.717) is 6.04 Å². The van der Waals surface area contributed by atoms with Crippen LogP contribution in [0.4, 0.5) is 0 Å². The number of methoxy groups -OCH3 is 1. The molecule has 1 aromatic carbocycles. The summed E-state index contributed by atoms with van der Waals surface area (Å²) in [5, 5.41) is 3.20. The Balaban J connectivity index is 2.04. The van der Waals surface area contributed by atoms with Gasteiger partial charge in [-0.1, -0.05) is 0 Å². The van der Waals surface area contributed by atoms with Crippen LogP contribution in [0.25, 0.3) is 0 Å². The molecule has 1 heterocycles. The average Bonchev–Trinajstić information content (AvgIpc) is 2.87. The lowest BCUT2D eigenvalue weighted by Crippen LogP contribution is -2.33. The van der Waals surface area contributed by atoms with Crippen LogP contribution in [0, 0.1) is 0 Å². The number of hydrogen-bond donors (Lipinski definition) is 1. The van der Waals surface area contributed by atoms with Gasteiger partial charge < -0.3 is 15.0 Å². The first kappa shape index (κ1) is 11.9. The van der Waals surface area contributed by atoms with Crippen molar-refractivity contribution in [2.24, 2.45) is 0 Å². The Morgan fingerprint density at radius 2 is 2.12 bits per heavy atom. The van der Waals surface area contributed by atoms with E-state index in [0.717, 1.165) is 30.8 Å². The highest BCUT2D eigenvalue weighted by atomic mass is 16.5. The lowest BCUT2D eigenvalue weighted by atomic mass is 10.2. The fraction of sp³-hybridized carbons (Fsp3) is 0.462. The number of amides is 1. The first-order chi connectivity index (χ1) is 8.24. The van der Waals surface area contributed by atoms with Gasteiger partial charge >= 0.3 is 0 Å². The standard InChI is InChI=1S/C13H18N2O2/c1-14-11-7-8-15(9-11)13(16)10-3-5-12(17-2)6-4-10/h3-6,11,14H,7-9H2,1-2H3. The second-order valence-corrected chi connectivity index (χ2v) is 4.25. The first-order valence-electron chi connectivity index (χ1n) is 5.85. The molecule has 0 aliphatic carbocycles. The van der Waals surface area contributed by atoms with Crippen LogP contribution in [0.5, 0.6) is 5.75 Å². The van der Waals surface area contributed by atoms with E-state index in [-0.39, 0.29) is 5.91 Å².